The summed E-state index contributed by atoms with van der Waals surface area (Å²) in [7, 11) is 0. The fourth-order valence-corrected chi connectivity index (χ4v) is 2.47. The van der Waals surface area contributed by atoms with Crippen LogP contribution in [-0.4, -0.2) is 26.8 Å². The van der Waals surface area contributed by atoms with Crippen molar-refractivity contribution < 1.29 is 13.6 Å². The zero-order chi connectivity index (χ0) is 16.1. The predicted molar refractivity (Wildman–Crippen MR) is 83.5 cm³/mol. The highest BCUT2D eigenvalue weighted by atomic mass is 32.2. The van der Waals surface area contributed by atoms with Crippen LogP contribution in [0.5, 0.6) is 0 Å². The van der Waals surface area contributed by atoms with Gasteiger partial charge >= 0.3 is 0 Å². The zero-order valence-electron chi connectivity index (χ0n) is 12.3. The molecular formula is C15H14N4O3S. The number of amides is 1. The molecule has 1 N–H and O–H groups in total. The van der Waals surface area contributed by atoms with E-state index in [4.69, 9.17) is 8.83 Å². The number of thioether (sulfide) groups is 1. The van der Waals surface area contributed by atoms with Gasteiger partial charge in [0.1, 0.15) is 5.76 Å². The van der Waals surface area contributed by atoms with Crippen molar-refractivity contribution in [1.82, 2.24) is 20.5 Å². The lowest BCUT2D eigenvalue weighted by atomic mass is 10.2. The molecule has 0 aromatic carbocycles. The molecule has 0 aliphatic carbocycles. The van der Waals surface area contributed by atoms with Gasteiger partial charge in [-0.25, -0.2) is 0 Å². The third kappa shape index (κ3) is 3.98. The van der Waals surface area contributed by atoms with E-state index >= 15 is 0 Å². The highest BCUT2D eigenvalue weighted by molar-refractivity contribution is 7.99. The number of carbonyl (C=O) groups is 1. The third-order valence-electron chi connectivity index (χ3n) is 2.99. The molecule has 8 heteroatoms. The summed E-state index contributed by atoms with van der Waals surface area (Å²) in [4.78, 5) is 15.9. The molecule has 0 saturated carbocycles. The average molecular weight is 330 g/mol. The van der Waals surface area contributed by atoms with Gasteiger partial charge in [-0.15, -0.1) is 10.2 Å². The summed E-state index contributed by atoms with van der Waals surface area (Å²) in [6.07, 6.45) is 4.88. The minimum absolute atomic E-state index is 0.139. The summed E-state index contributed by atoms with van der Waals surface area (Å²) >= 11 is 1.18. The molecular weight excluding hydrogens is 316 g/mol. The number of furan rings is 1. The number of hydrogen-bond acceptors (Lipinski definition) is 7. The van der Waals surface area contributed by atoms with Crippen LogP contribution in [0, 0.1) is 0 Å². The first kappa shape index (κ1) is 15.3. The van der Waals surface area contributed by atoms with Crippen molar-refractivity contribution >= 4 is 17.7 Å². The Hall–Kier alpha value is -2.61. The van der Waals surface area contributed by atoms with Gasteiger partial charge in [0.2, 0.25) is 11.8 Å². The molecule has 1 atom stereocenters. The van der Waals surface area contributed by atoms with Crippen molar-refractivity contribution in [3.63, 3.8) is 0 Å². The first-order chi connectivity index (χ1) is 11.2. The zero-order valence-corrected chi connectivity index (χ0v) is 13.1. The Balaban J connectivity index is 1.52. The van der Waals surface area contributed by atoms with Crippen LogP contribution in [0.15, 0.2) is 57.0 Å². The Bertz CT molecular complexity index is 758. The van der Waals surface area contributed by atoms with Crippen LogP contribution in [0.25, 0.3) is 11.5 Å². The van der Waals surface area contributed by atoms with Crippen LogP contribution in [-0.2, 0) is 4.79 Å². The van der Waals surface area contributed by atoms with Gasteiger partial charge < -0.3 is 14.2 Å². The van der Waals surface area contributed by atoms with E-state index in [0.29, 0.717) is 16.9 Å². The highest BCUT2D eigenvalue weighted by Crippen LogP contribution is 2.22. The number of pyridine rings is 1. The van der Waals surface area contributed by atoms with Gasteiger partial charge in [0.25, 0.3) is 5.22 Å². The van der Waals surface area contributed by atoms with Crippen LogP contribution >= 0.6 is 11.8 Å². The van der Waals surface area contributed by atoms with Crippen molar-refractivity contribution in [3.05, 3.63) is 48.7 Å². The second-order valence-corrected chi connectivity index (χ2v) is 5.63. The Labute approximate surface area is 136 Å². The van der Waals surface area contributed by atoms with Gasteiger partial charge in [0.15, 0.2) is 0 Å². The molecule has 3 aromatic heterocycles. The Morgan fingerprint density at radius 2 is 2.26 bits per heavy atom. The SMILES string of the molecule is C[C@@H](NC(=O)CSc1nnc(-c2cccnc2)o1)c1ccco1. The summed E-state index contributed by atoms with van der Waals surface area (Å²) in [5.74, 6) is 1.13. The molecule has 118 valence electrons. The van der Waals surface area contributed by atoms with Crippen LogP contribution in [0.1, 0.15) is 18.7 Å². The first-order valence-corrected chi connectivity index (χ1v) is 7.90. The molecule has 0 bridgehead atoms. The molecule has 1 amide bonds. The lowest BCUT2D eigenvalue weighted by Crippen LogP contribution is -2.27. The van der Waals surface area contributed by atoms with Crippen molar-refractivity contribution in [1.29, 1.82) is 0 Å². The molecule has 7 nitrogen and oxygen atoms in total. The molecule has 0 aliphatic heterocycles. The minimum atomic E-state index is -0.188. The quantitative estimate of drug-likeness (QED) is 0.694. The molecule has 3 rings (SSSR count). The normalized spacial score (nSPS) is 12.0. The van der Waals surface area contributed by atoms with E-state index in [2.05, 4.69) is 20.5 Å². The van der Waals surface area contributed by atoms with Crippen LogP contribution < -0.4 is 5.32 Å². The van der Waals surface area contributed by atoms with Crippen LogP contribution in [0.3, 0.4) is 0 Å². The highest BCUT2D eigenvalue weighted by Gasteiger charge is 2.14. The van der Waals surface area contributed by atoms with Gasteiger partial charge in [-0.2, -0.15) is 0 Å². The molecule has 3 heterocycles. The number of nitrogens with zero attached hydrogens (tertiary/aromatic N) is 3. The molecule has 3 aromatic rings. The molecule has 0 unspecified atom stereocenters. The van der Waals surface area contributed by atoms with Crippen molar-refractivity contribution in [3.8, 4) is 11.5 Å². The predicted octanol–water partition coefficient (Wildman–Crippen LogP) is 2.69. The van der Waals surface area contributed by atoms with Gasteiger partial charge in [-0.3, -0.25) is 9.78 Å². The Morgan fingerprint density at radius 1 is 1.35 bits per heavy atom. The number of hydrogen-bond donors (Lipinski definition) is 1. The van der Waals surface area contributed by atoms with Crippen molar-refractivity contribution in [2.75, 3.05) is 5.75 Å². The van der Waals surface area contributed by atoms with Crippen molar-refractivity contribution in [2.45, 2.75) is 18.2 Å². The smallest absolute Gasteiger partial charge is 0.277 e. The number of rotatable bonds is 6. The summed E-state index contributed by atoms with van der Waals surface area (Å²) in [5, 5.41) is 11.0. The first-order valence-electron chi connectivity index (χ1n) is 6.92. The third-order valence-corrected chi connectivity index (χ3v) is 3.81. The topological polar surface area (TPSA) is 94.1 Å². The van der Waals surface area contributed by atoms with Gasteiger partial charge in [-0.1, -0.05) is 11.8 Å². The van der Waals surface area contributed by atoms with E-state index < -0.39 is 0 Å². The summed E-state index contributed by atoms with van der Waals surface area (Å²) in [6.45, 7) is 1.86. The molecule has 0 fully saturated rings. The van der Waals surface area contributed by atoms with E-state index in [-0.39, 0.29) is 17.7 Å². The van der Waals surface area contributed by atoms with Crippen LogP contribution in [0.2, 0.25) is 0 Å². The van der Waals surface area contributed by atoms with Gasteiger partial charge in [0.05, 0.1) is 23.6 Å². The molecule has 0 saturated heterocycles. The van der Waals surface area contributed by atoms with Crippen molar-refractivity contribution in [2.24, 2.45) is 0 Å². The summed E-state index contributed by atoms with van der Waals surface area (Å²) in [5.41, 5.74) is 0.739. The standard InChI is InChI=1S/C15H14N4O3S/c1-10(12-5-3-7-21-12)17-13(20)9-23-15-19-18-14(22-15)11-4-2-6-16-8-11/h2-8,10H,9H2,1H3,(H,17,20)/t10-/m1/s1. The summed E-state index contributed by atoms with van der Waals surface area (Å²) in [6, 6.07) is 7.02. The van der Waals surface area contributed by atoms with Gasteiger partial charge in [-0.05, 0) is 31.2 Å². The fourth-order valence-electron chi connectivity index (χ4n) is 1.89. The van der Waals surface area contributed by atoms with E-state index in [9.17, 15) is 4.79 Å². The molecule has 0 aliphatic rings. The molecule has 0 radical (unpaired) electrons. The maximum absolute atomic E-state index is 11.9. The maximum Gasteiger partial charge on any atom is 0.277 e. The number of nitrogens with one attached hydrogen (secondary N) is 1. The minimum Gasteiger partial charge on any atom is -0.467 e. The Morgan fingerprint density at radius 3 is 3.00 bits per heavy atom. The summed E-state index contributed by atoms with van der Waals surface area (Å²) < 4.78 is 10.7. The fraction of sp³-hybridized carbons (Fsp3) is 0.200. The molecule has 23 heavy (non-hydrogen) atoms. The molecule has 0 spiro atoms. The second-order valence-electron chi connectivity index (χ2n) is 4.71. The van der Waals surface area contributed by atoms with E-state index in [1.165, 1.54) is 11.8 Å². The van der Waals surface area contributed by atoms with Gasteiger partial charge in [0, 0.05) is 12.4 Å². The van der Waals surface area contributed by atoms with Crippen LogP contribution in [0.4, 0.5) is 0 Å². The second kappa shape index (κ2) is 7.10. The number of aromatic nitrogens is 3. The Kier molecular flexibility index (Phi) is 4.72. The largest absolute Gasteiger partial charge is 0.467 e. The lowest BCUT2D eigenvalue weighted by Gasteiger charge is -2.10. The average Bonchev–Trinajstić information content (AvgIpc) is 3.25. The van der Waals surface area contributed by atoms with E-state index in [0.717, 1.165) is 5.56 Å². The van der Waals surface area contributed by atoms with E-state index in [1.807, 2.05) is 19.1 Å². The van der Waals surface area contributed by atoms with E-state index in [1.54, 1.807) is 30.8 Å². The lowest BCUT2D eigenvalue weighted by molar-refractivity contribution is -0.119. The maximum atomic E-state index is 11.9. The monoisotopic (exact) mass is 330 g/mol. The number of carbonyl (C=O) groups excluding carboxylic acids is 1.